The van der Waals surface area contributed by atoms with Crippen LogP contribution in [-0.2, 0) is 26.2 Å². The van der Waals surface area contributed by atoms with Crippen molar-refractivity contribution in [1.82, 2.24) is 10.2 Å². The first kappa shape index (κ1) is 25.1. The van der Waals surface area contributed by atoms with Crippen LogP contribution >= 0.6 is 11.6 Å². The Morgan fingerprint density at radius 3 is 2.36 bits per heavy atom. The van der Waals surface area contributed by atoms with Gasteiger partial charge in [0.2, 0.25) is 21.8 Å². The van der Waals surface area contributed by atoms with Gasteiger partial charge in [-0.2, -0.15) is 0 Å². The van der Waals surface area contributed by atoms with E-state index in [1.54, 1.807) is 55.5 Å². The Kier molecular flexibility index (Phi) is 8.37. The summed E-state index contributed by atoms with van der Waals surface area (Å²) in [6.07, 6.45) is 5.06. The van der Waals surface area contributed by atoms with Crippen molar-refractivity contribution in [3.05, 3.63) is 65.2 Å². The molecule has 2 aromatic carbocycles. The van der Waals surface area contributed by atoms with Gasteiger partial charge in [0.15, 0.2) is 0 Å². The van der Waals surface area contributed by atoms with Crippen molar-refractivity contribution in [3.8, 4) is 0 Å². The zero-order valence-electron chi connectivity index (χ0n) is 18.9. The van der Waals surface area contributed by atoms with Crippen LogP contribution in [0.1, 0.15) is 38.2 Å². The molecule has 1 fully saturated rings. The summed E-state index contributed by atoms with van der Waals surface area (Å²) < 4.78 is 26.0. The summed E-state index contributed by atoms with van der Waals surface area (Å²) in [4.78, 5) is 27.9. The van der Waals surface area contributed by atoms with Crippen molar-refractivity contribution in [3.63, 3.8) is 0 Å². The molecule has 1 atom stereocenters. The van der Waals surface area contributed by atoms with Gasteiger partial charge in [-0.1, -0.05) is 54.8 Å². The first-order valence-corrected chi connectivity index (χ1v) is 13.2. The predicted octanol–water partition coefficient (Wildman–Crippen LogP) is 3.58. The highest BCUT2D eigenvalue weighted by Crippen LogP contribution is 2.21. The molecule has 0 aliphatic heterocycles. The molecule has 0 aromatic heterocycles. The molecule has 1 N–H and O–H groups in total. The van der Waals surface area contributed by atoms with Gasteiger partial charge in [0.05, 0.1) is 11.9 Å². The number of nitrogens with zero attached hydrogens (tertiary/aromatic N) is 2. The van der Waals surface area contributed by atoms with E-state index in [-0.39, 0.29) is 18.5 Å². The van der Waals surface area contributed by atoms with Gasteiger partial charge in [-0.15, -0.1) is 0 Å². The molecule has 1 unspecified atom stereocenters. The number of hydrogen-bond donors (Lipinski definition) is 1. The zero-order valence-corrected chi connectivity index (χ0v) is 20.5. The molecular formula is C24H30ClN3O4S. The van der Waals surface area contributed by atoms with E-state index in [1.807, 2.05) is 6.07 Å². The molecule has 7 nitrogen and oxygen atoms in total. The molecule has 9 heteroatoms. The molecule has 0 radical (unpaired) electrons. The first-order valence-electron chi connectivity index (χ1n) is 11.0. The van der Waals surface area contributed by atoms with Crippen molar-refractivity contribution in [2.75, 3.05) is 17.1 Å². The Hall–Kier alpha value is -2.58. The van der Waals surface area contributed by atoms with Crippen LogP contribution in [0.2, 0.25) is 5.02 Å². The number of halogens is 1. The van der Waals surface area contributed by atoms with Crippen LogP contribution in [0.3, 0.4) is 0 Å². The SMILES string of the molecule is CC(C(=O)NC1CCCC1)N(Cc1cccc(Cl)c1)C(=O)CN(c1ccccc1)S(C)(=O)=O. The Bertz CT molecular complexity index is 1070. The number of nitrogens with one attached hydrogen (secondary N) is 1. The molecule has 1 aliphatic carbocycles. The number of rotatable bonds is 9. The second-order valence-corrected chi connectivity index (χ2v) is 10.8. The Morgan fingerprint density at radius 1 is 1.09 bits per heavy atom. The van der Waals surface area contributed by atoms with Gasteiger partial charge >= 0.3 is 0 Å². The van der Waals surface area contributed by atoms with Gasteiger partial charge in [-0.3, -0.25) is 13.9 Å². The number of carbonyl (C=O) groups excluding carboxylic acids is 2. The lowest BCUT2D eigenvalue weighted by Crippen LogP contribution is -2.52. The van der Waals surface area contributed by atoms with E-state index in [1.165, 1.54) is 4.90 Å². The van der Waals surface area contributed by atoms with Gasteiger partial charge in [0.25, 0.3) is 0 Å². The third-order valence-electron chi connectivity index (χ3n) is 5.83. The van der Waals surface area contributed by atoms with Crippen LogP contribution < -0.4 is 9.62 Å². The number of carbonyl (C=O) groups is 2. The van der Waals surface area contributed by atoms with Crippen LogP contribution in [0.5, 0.6) is 0 Å². The predicted molar refractivity (Wildman–Crippen MR) is 130 cm³/mol. The summed E-state index contributed by atoms with van der Waals surface area (Å²) in [7, 11) is -3.73. The van der Waals surface area contributed by atoms with Crippen LogP contribution in [-0.4, -0.2) is 50.0 Å². The van der Waals surface area contributed by atoms with Crippen LogP contribution in [0.25, 0.3) is 0 Å². The van der Waals surface area contributed by atoms with Crippen molar-refractivity contribution >= 4 is 39.1 Å². The monoisotopic (exact) mass is 491 g/mol. The maximum atomic E-state index is 13.5. The van der Waals surface area contributed by atoms with Crippen LogP contribution in [0, 0.1) is 0 Å². The highest BCUT2D eigenvalue weighted by Gasteiger charge is 2.31. The topological polar surface area (TPSA) is 86.8 Å². The fourth-order valence-corrected chi connectivity index (χ4v) is 5.08. The van der Waals surface area contributed by atoms with E-state index in [2.05, 4.69) is 5.32 Å². The third kappa shape index (κ3) is 6.95. The maximum Gasteiger partial charge on any atom is 0.244 e. The Balaban J connectivity index is 1.86. The summed E-state index contributed by atoms with van der Waals surface area (Å²) in [6.45, 7) is 1.38. The largest absolute Gasteiger partial charge is 0.352 e. The average molecular weight is 492 g/mol. The van der Waals surface area contributed by atoms with Crippen molar-refractivity contribution in [2.45, 2.75) is 51.2 Å². The average Bonchev–Trinajstić information content (AvgIpc) is 3.28. The minimum Gasteiger partial charge on any atom is -0.352 e. The molecule has 0 bridgehead atoms. The van der Waals surface area contributed by atoms with E-state index < -0.39 is 28.5 Å². The molecule has 2 amide bonds. The smallest absolute Gasteiger partial charge is 0.244 e. The molecule has 0 saturated heterocycles. The van der Waals surface area contributed by atoms with Gasteiger partial charge in [0.1, 0.15) is 12.6 Å². The summed E-state index contributed by atoms with van der Waals surface area (Å²) in [5.74, 6) is -0.721. The number of amides is 2. The van der Waals surface area contributed by atoms with Crippen molar-refractivity contribution in [1.29, 1.82) is 0 Å². The number of anilines is 1. The number of sulfonamides is 1. The van der Waals surface area contributed by atoms with E-state index >= 15 is 0 Å². The Labute approximate surface area is 200 Å². The number of para-hydroxylation sites is 1. The molecule has 0 spiro atoms. The number of hydrogen-bond acceptors (Lipinski definition) is 4. The van der Waals surface area contributed by atoms with Gasteiger partial charge < -0.3 is 10.2 Å². The maximum absolute atomic E-state index is 13.5. The fourth-order valence-electron chi connectivity index (χ4n) is 4.01. The van der Waals surface area contributed by atoms with Crippen LogP contribution in [0.15, 0.2) is 54.6 Å². The standard InChI is InChI=1S/C24H30ClN3O4S/c1-18(24(30)26-21-11-6-7-12-21)27(16-19-9-8-10-20(25)15-19)23(29)17-28(33(2,31)32)22-13-4-3-5-14-22/h3-5,8-10,13-15,18,21H,6-7,11-12,16-17H2,1-2H3,(H,26,30). The lowest BCUT2D eigenvalue weighted by molar-refractivity contribution is -0.139. The van der Waals surface area contributed by atoms with Gasteiger partial charge in [-0.25, -0.2) is 8.42 Å². The highest BCUT2D eigenvalue weighted by molar-refractivity contribution is 7.92. The number of benzene rings is 2. The second kappa shape index (κ2) is 11.0. The molecule has 3 rings (SSSR count). The minimum absolute atomic E-state index is 0.111. The van der Waals surface area contributed by atoms with Gasteiger partial charge in [-0.05, 0) is 49.6 Å². The summed E-state index contributed by atoms with van der Waals surface area (Å²) in [5, 5.41) is 3.55. The molecule has 1 aliphatic rings. The summed E-state index contributed by atoms with van der Waals surface area (Å²) in [5.41, 5.74) is 1.14. The van der Waals surface area contributed by atoms with Crippen molar-refractivity contribution in [2.24, 2.45) is 0 Å². The van der Waals surface area contributed by atoms with E-state index in [0.29, 0.717) is 10.7 Å². The van der Waals surface area contributed by atoms with E-state index in [0.717, 1.165) is 41.8 Å². The van der Waals surface area contributed by atoms with E-state index in [9.17, 15) is 18.0 Å². The molecule has 0 heterocycles. The lowest BCUT2D eigenvalue weighted by atomic mass is 10.1. The second-order valence-electron chi connectivity index (χ2n) is 8.42. The highest BCUT2D eigenvalue weighted by atomic mass is 35.5. The minimum atomic E-state index is -3.73. The quantitative estimate of drug-likeness (QED) is 0.580. The molecule has 33 heavy (non-hydrogen) atoms. The summed E-state index contributed by atoms with van der Waals surface area (Å²) in [6, 6.07) is 14.8. The molecular weight excluding hydrogens is 462 g/mol. The Morgan fingerprint density at radius 2 is 1.76 bits per heavy atom. The van der Waals surface area contributed by atoms with E-state index in [4.69, 9.17) is 11.6 Å². The molecule has 2 aromatic rings. The molecule has 178 valence electrons. The fraction of sp³-hybridized carbons (Fsp3) is 0.417. The first-order chi connectivity index (χ1) is 15.6. The normalized spacial score (nSPS) is 15.1. The summed E-state index contributed by atoms with van der Waals surface area (Å²) >= 11 is 6.12. The zero-order chi connectivity index (χ0) is 24.0. The lowest BCUT2D eigenvalue weighted by Gasteiger charge is -2.32. The van der Waals surface area contributed by atoms with Crippen molar-refractivity contribution < 1.29 is 18.0 Å². The van der Waals surface area contributed by atoms with Gasteiger partial charge in [0, 0.05) is 17.6 Å². The molecule has 1 saturated carbocycles. The third-order valence-corrected chi connectivity index (χ3v) is 7.21. The van der Waals surface area contributed by atoms with Crippen LogP contribution in [0.4, 0.5) is 5.69 Å².